The van der Waals surface area contributed by atoms with Gasteiger partial charge in [-0.1, -0.05) is 0 Å². The molecule has 23 heavy (non-hydrogen) atoms. The molecule has 1 aliphatic rings. The molecule has 6 heteroatoms. The van der Waals surface area contributed by atoms with Crippen molar-refractivity contribution in [2.24, 2.45) is 0 Å². The fourth-order valence-corrected chi connectivity index (χ4v) is 2.80. The van der Waals surface area contributed by atoms with Gasteiger partial charge in [0.15, 0.2) is 0 Å². The Bertz CT molecular complexity index is 487. The van der Waals surface area contributed by atoms with Crippen LogP contribution < -0.4 is 10.6 Å². The molecular weight excluding hydrogens is 297 g/mol. The van der Waals surface area contributed by atoms with Crippen molar-refractivity contribution >= 4 is 11.6 Å². The van der Waals surface area contributed by atoms with Crippen molar-refractivity contribution in [1.82, 2.24) is 10.2 Å². The molecule has 128 valence electrons. The summed E-state index contributed by atoms with van der Waals surface area (Å²) >= 11 is 0. The lowest BCUT2D eigenvalue weighted by Gasteiger charge is -2.36. The second-order valence-electron chi connectivity index (χ2n) is 5.92. The van der Waals surface area contributed by atoms with Gasteiger partial charge in [0.25, 0.3) is 0 Å². The zero-order chi connectivity index (χ0) is 16.7. The zero-order valence-corrected chi connectivity index (χ0v) is 13.8. The van der Waals surface area contributed by atoms with Gasteiger partial charge in [-0.15, -0.1) is 0 Å². The van der Waals surface area contributed by atoms with Gasteiger partial charge in [-0.3, -0.25) is 9.69 Å². The first-order valence-corrected chi connectivity index (χ1v) is 8.13. The number of anilines is 1. The molecule has 1 heterocycles. The molecule has 1 aromatic rings. The minimum atomic E-state index is -0.223. The predicted molar refractivity (Wildman–Crippen MR) is 89.0 cm³/mol. The largest absolute Gasteiger partial charge is 0.383 e. The number of hydrogen-bond donors (Lipinski definition) is 2. The Balaban J connectivity index is 1.74. The van der Waals surface area contributed by atoms with Crippen LogP contribution in [-0.2, 0) is 9.53 Å². The molecule has 0 saturated carbocycles. The third-order valence-electron chi connectivity index (χ3n) is 4.28. The van der Waals surface area contributed by atoms with Crippen molar-refractivity contribution < 1.29 is 13.9 Å². The Labute approximate surface area is 137 Å². The van der Waals surface area contributed by atoms with E-state index < -0.39 is 0 Å². The quantitative estimate of drug-likeness (QED) is 0.752. The number of carbonyl (C=O) groups is 1. The fourth-order valence-electron chi connectivity index (χ4n) is 2.80. The number of halogens is 1. The van der Waals surface area contributed by atoms with Crippen molar-refractivity contribution in [1.29, 1.82) is 0 Å². The highest BCUT2D eigenvalue weighted by Gasteiger charge is 2.26. The SMILES string of the molecule is COCCNC(=O)[C@@H](C)N1CCC(Nc2ccc(F)cc2)CC1. The van der Waals surface area contributed by atoms with Gasteiger partial charge < -0.3 is 15.4 Å². The van der Waals surface area contributed by atoms with Crippen LogP contribution in [0.15, 0.2) is 24.3 Å². The molecule has 0 bridgehead atoms. The molecular formula is C17H26FN3O2. The van der Waals surface area contributed by atoms with Crippen LogP contribution in [0, 0.1) is 5.82 Å². The summed E-state index contributed by atoms with van der Waals surface area (Å²) in [6.45, 7) is 4.76. The molecule has 1 aromatic carbocycles. The van der Waals surface area contributed by atoms with Crippen molar-refractivity contribution in [3.63, 3.8) is 0 Å². The lowest BCUT2D eigenvalue weighted by atomic mass is 10.0. The Morgan fingerprint density at radius 1 is 1.35 bits per heavy atom. The van der Waals surface area contributed by atoms with Gasteiger partial charge in [0, 0.05) is 38.5 Å². The third kappa shape index (κ3) is 5.48. The number of nitrogens with zero attached hydrogens (tertiary/aromatic N) is 1. The fraction of sp³-hybridized carbons (Fsp3) is 0.588. The van der Waals surface area contributed by atoms with Crippen LogP contribution in [0.3, 0.4) is 0 Å². The van der Waals surface area contributed by atoms with Gasteiger partial charge in [0.1, 0.15) is 5.82 Å². The first-order chi connectivity index (χ1) is 11.1. The maximum Gasteiger partial charge on any atom is 0.237 e. The highest BCUT2D eigenvalue weighted by Crippen LogP contribution is 2.18. The molecule has 5 nitrogen and oxygen atoms in total. The Hall–Kier alpha value is -1.66. The molecule has 2 rings (SSSR count). The van der Waals surface area contributed by atoms with Crippen molar-refractivity contribution in [2.75, 3.05) is 38.7 Å². The summed E-state index contributed by atoms with van der Waals surface area (Å²) in [5.74, 6) is -0.175. The summed E-state index contributed by atoms with van der Waals surface area (Å²) in [4.78, 5) is 14.3. The number of carbonyl (C=O) groups excluding carboxylic acids is 1. The number of hydrogen-bond acceptors (Lipinski definition) is 4. The first kappa shape index (κ1) is 17.7. The zero-order valence-electron chi connectivity index (χ0n) is 13.8. The topological polar surface area (TPSA) is 53.6 Å². The number of piperidine rings is 1. The van der Waals surface area contributed by atoms with E-state index in [1.807, 2.05) is 6.92 Å². The minimum Gasteiger partial charge on any atom is -0.383 e. The monoisotopic (exact) mass is 323 g/mol. The van der Waals surface area contributed by atoms with Gasteiger partial charge in [0.05, 0.1) is 12.6 Å². The van der Waals surface area contributed by atoms with Crippen molar-refractivity contribution in [2.45, 2.75) is 31.8 Å². The Morgan fingerprint density at radius 3 is 2.61 bits per heavy atom. The normalized spacial score (nSPS) is 17.7. The van der Waals surface area contributed by atoms with Crippen molar-refractivity contribution in [3.05, 3.63) is 30.1 Å². The molecule has 2 N–H and O–H groups in total. The first-order valence-electron chi connectivity index (χ1n) is 8.13. The maximum absolute atomic E-state index is 12.9. The lowest BCUT2D eigenvalue weighted by Crippen LogP contribution is -2.50. The maximum atomic E-state index is 12.9. The molecule has 0 aromatic heterocycles. The van der Waals surface area contributed by atoms with Gasteiger partial charge in [-0.25, -0.2) is 4.39 Å². The summed E-state index contributed by atoms with van der Waals surface area (Å²) < 4.78 is 17.8. The van der Waals surface area contributed by atoms with Gasteiger partial charge in [-0.2, -0.15) is 0 Å². The molecule has 1 atom stereocenters. The van der Waals surface area contributed by atoms with Crippen molar-refractivity contribution in [3.8, 4) is 0 Å². The average Bonchev–Trinajstić information content (AvgIpc) is 2.57. The van der Waals surface area contributed by atoms with Gasteiger partial charge in [-0.05, 0) is 44.0 Å². The number of amides is 1. The van der Waals surface area contributed by atoms with E-state index in [9.17, 15) is 9.18 Å². The van der Waals surface area contributed by atoms with E-state index in [4.69, 9.17) is 4.74 Å². The summed E-state index contributed by atoms with van der Waals surface area (Å²) in [5.41, 5.74) is 0.940. The molecule has 1 fully saturated rings. The second kappa shape index (κ2) is 8.84. The van der Waals surface area contributed by atoms with E-state index in [0.717, 1.165) is 31.6 Å². The number of ether oxygens (including phenoxy) is 1. The number of methoxy groups -OCH3 is 1. The second-order valence-corrected chi connectivity index (χ2v) is 5.92. The van der Waals surface area contributed by atoms with Crippen LogP contribution in [0.25, 0.3) is 0 Å². The predicted octanol–water partition coefficient (Wildman–Crippen LogP) is 1.85. The summed E-state index contributed by atoms with van der Waals surface area (Å²) in [6.07, 6.45) is 1.93. The van der Waals surface area contributed by atoms with E-state index in [-0.39, 0.29) is 17.8 Å². The van der Waals surface area contributed by atoms with Crippen LogP contribution in [0.5, 0.6) is 0 Å². The average molecular weight is 323 g/mol. The smallest absolute Gasteiger partial charge is 0.237 e. The number of benzene rings is 1. The number of nitrogens with one attached hydrogen (secondary N) is 2. The van der Waals surface area contributed by atoms with E-state index in [0.29, 0.717) is 19.2 Å². The summed E-state index contributed by atoms with van der Waals surface area (Å²) in [5, 5.41) is 6.31. The van der Waals surface area contributed by atoms with Crippen LogP contribution in [0.4, 0.5) is 10.1 Å². The minimum absolute atomic E-state index is 0.0481. The molecule has 1 amide bonds. The van der Waals surface area contributed by atoms with Gasteiger partial charge in [0.2, 0.25) is 5.91 Å². The van der Waals surface area contributed by atoms with Crippen LogP contribution >= 0.6 is 0 Å². The molecule has 1 saturated heterocycles. The van der Waals surface area contributed by atoms with Crippen LogP contribution in [0.2, 0.25) is 0 Å². The Morgan fingerprint density at radius 2 is 2.00 bits per heavy atom. The van der Waals surface area contributed by atoms with E-state index >= 15 is 0 Å². The molecule has 0 radical (unpaired) electrons. The van der Waals surface area contributed by atoms with E-state index in [1.165, 1.54) is 12.1 Å². The Kier molecular flexibility index (Phi) is 6.80. The summed E-state index contributed by atoms with van der Waals surface area (Å²) in [6, 6.07) is 6.67. The third-order valence-corrected chi connectivity index (χ3v) is 4.28. The molecule has 0 aliphatic carbocycles. The highest BCUT2D eigenvalue weighted by molar-refractivity contribution is 5.81. The molecule has 0 unspecified atom stereocenters. The summed E-state index contributed by atoms with van der Waals surface area (Å²) in [7, 11) is 1.62. The van der Waals surface area contributed by atoms with Gasteiger partial charge >= 0.3 is 0 Å². The molecule has 0 spiro atoms. The number of likely N-dealkylation sites (tertiary alicyclic amines) is 1. The van der Waals surface area contributed by atoms with Crippen LogP contribution in [0.1, 0.15) is 19.8 Å². The van der Waals surface area contributed by atoms with E-state index in [1.54, 1.807) is 19.2 Å². The number of rotatable bonds is 7. The highest BCUT2D eigenvalue weighted by atomic mass is 19.1. The van der Waals surface area contributed by atoms with Crippen LogP contribution in [-0.4, -0.2) is 56.2 Å². The lowest BCUT2D eigenvalue weighted by molar-refractivity contribution is -0.126. The van der Waals surface area contributed by atoms with E-state index in [2.05, 4.69) is 15.5 Å². The molecule has 1 aliphatic heterocycles. The standard InChI is InChI=1S/C17H26FN3O2/c1-13(17(22)19-9-12-23-2)21-10-7-16(8-11-21)20-15-5-3-14(18)4-6-15/h3-6,13,16,20H,7-12H2,1-2H3,(H,19,22)/t13-/m1/s1.